The van der Waals surface area contributed by atoms with Gasteiger partial charge in [0.1, 0.15) is 12.1 Å². The molecular weight excluding hydrogens is 192 g/mol. The van der Waals surface area contributed by atoms with Gasteiger partial charge in [0.2, 0.25) is 11.8 Å². The van der Waals surface area contributed by atoms with Gasteiger partial charge in [-0.1, -0.05) is 6.92 Å². The molecule has 0 aromatic carbocycles. The first-order chi connectivity index (χ1) is 7.00. The first kappa shape index (κ1) is 10.5. The van der Waals surface area contributed by atoms with Crippen molar-refractivity contribution >= 4 is 11.8 Å². The Morgan fingerprint density at radius 2 is 1.93 bits per heavy atom. The van der Waals surface area contributed by atoms with E-state index < -0.39 is 0 Å². The summed E-state index contributed by atoms with van der Waals surface area (Å²) in [6.45, 7) is 6.48. The fourth-order valence-corrected chi connectivity index (χ4v) is 2.13. The molecule has 0 bridgehead atoms. The lowest BCUT2D eigenvalue weighted by Gasteiger charge is -2.36. The highest BCUT2D eigenvalue weighted by atomic mass is 16.2. The molecule has 2 aliphatic rings. The molecule has 0 radical (unpaired) electrons. The second kappa shape index (κ2) is 3.51. The summed E-state index contributed by atoms with van der Waals surface area (Å²) in [5, 5.41) is 2.68. The van der Waals surface area contributed by atoms with Crippen molar-refractivity contribution in [3.05, 3.63) is 0 Å². The maximum absolute atomic E-state index is 11.9. The first-order valence-electron chi connectivity index (χ1n) is 5.61. The molecular formula is C11H18N2O2. The van der Waals surface area contributed by atoms with Crippen LogP contribution in [0.1, 0.15) is 27.2 Å². The molecule has 1 heterocycles. The highest BCUT2D eigenvalue weighted by molar-refractivity contribution is 5.96. The number of carbonyl (C=O) groups is 2. The monoisotopic (exact) mass is 210 g/mol. The zero-order valence-electron chi connectivity index (χ0n) is 9.49. The van der Waals surface area contributed by atoms with Crippen molar-refractivity contribution in [1.82, 2.24) is 10.2 Å². The Labute approximate surface area is 90.0 Å². The quantitative estimate of drug-likeness (QED) is 0.716. The van der Waals surface area contributed by atoms with Crippen LogP contribution in [0.2, 0.25) is 0 Å². The van der Waals surface area contributed by atoms with Crippen molar-refractivity contribution in [1.29, 1.82) is 0 Å². The number of carbonyl (C=O) groups excluding carboxylic acids is 2. The number of hydrogen-bond acceptors (Lipinski definition) is 2. The normalized spacial score (nSPS) is 40.3. The van der Waals surface area contributed by atoms with Crippen molar-refractivity contribution in [3.8, 4) is 0 Å². The predicted octanol–water partition coefficient (Wildman–Crippen LogP) is 0.378. The molecule has 2 fully saturated rings. The van der Waals surface area contributed by atoms with Crippen LogP contribution in [-0.4, -0.2) is 35.3 Å². The average Bonchev–Trinajstić information content (AvgIpc) is 2.86. The molecule has 4 heteroatoms. The van der Waals surface area contributed by atoms with Gasteiger partial charge in [0, 0.05) is 6.54 Å². The number of nitrogens with zero attached hydrogens (tertiary/aromatic N) is 1. The van der Waals surface area contributed by atoms with Gasteiger partial charge < -0.3 is 10.2 Å². The van der Waals surface area contributed by atoms with E-state index in [1.54, 1.807) is 18.7 Å². The molecule has 15 heavy (non-hydrogen) atoms. The largest absolute Gasteiger partial charge is 0.343 e. The zero-order valence-corrected chi connectivity index (χ0v) is 9.49. The lowest BCUT2D eigenvalue weighted by atomic mass is 10.1. The molecule has 4 unspecified atom stereocenters. The third kappa shape index (κ3) is 1.85. The fourth-order valence-electron chi connectivity index (χ4n) is 2.13. The molecule has 2 amide bonds. The van der Waals surface area contributed by atoms with Gasteiger partial charge in [-0.15, -0.1) is 0 Å². The number of hydrogen-bond donors (Lipinski definition) is 1. The smallest absolute Gasteiger partial charge is 0.245 e. The van der Waals surface area contributed by atoms with E-state index in [2.05, 4.69) is 12.2 Å². The Morgan fingerprint density at radius 3 is 2.47 bits per heavy atom. The Hall–Kier alpha value is -1.06. The Balaban J connectivity index is 2.05. The minimum absolute atomic E-state index is 0.0320. The van der Waals surface area contributed by atoms with Crippen molar-refractivity contribution in [2.75, 3.05) is 6.54 Å². The summed E-state index contributed by atoms with van der Waals surface area (Å²) in [4.78, 5) is 25.1. The van der Waals surface area contributed by atoms with Crippen LogP contribution in [0.25, 0.3) is 0 Å². The zero-order chi connectivity index (χ0) is 11.2. The van der Waals surface area contributed by atoms with Gasteiger partial charge in [0.05, 0.1) is 0 Å². The van der Waals surface area contributed by atoms with Crippen LogP contribution in [0.15, 0.2) is 0 Å². The minimum atomic E-state index is -0.359. The van der Waals surface area contributed by atoms with E-state index >= 15 is 0 Å². The third-order valence-corrected chi connectivity index (χ3v) is 3.57. The molecule has 4 atom stereocenters. The SMILES string of the molecule is CC1NC(=O)C(C)N(CC2CC2C)C1=O. The van der Waals surface area contributed by atoms with Crippen LogP contribution < -0.4 is 5.32 Å². The van der Waals surface area contributed by atoms with Crippen molar-refractivity contribution in [3.63, 3.8) is 0 Å². The fraction of sp³-hybridized carbons (Fsp3) is 0.818. The van der Waals surface area contributed by atoms with Gasteiger partial charge in [0.25, 0.3) is 0 Å². The second-order valence-electron chi connectivity index (χ2n) is 4.87. The summed E-state index contributed by atoms with van der Waals surface area (Å²) in [6, 6.07) is -0.663. The second-order valence-corrected chi connectivity index (χ2v) is 4.87. The number of rotatable bonds is 2. The summed E-state index contributed by atoms with van der Waals surface area (Å²) in [7, 11) is 0. The summed E-state index contributed by atoms with van der Waals surface area (Å²) in [5.41, 5.74) is 0. The van der Waals surface area contributed by atoms with E-state index in [0.29, 0.717) is 11.8 Å². The minimum Gasteiger partial charge on any atom is -0.343 e. The molecule has 84 valence electrons. The first-order valence-corrected chi connectivity index (χ1v) is 5.61. The van der Waals surface area contributed by atoms with E-state index in [1.807, 2.05) is 0 Å². The van der Waals surface area contributed by atoms with Crippen LogP contribution in [0, 0.1) is 11.8 Å². The van der Waals surface area contributed by atoms with Crippen molar-refractivity contribution < 1.29 is 9.59 Å². The van der Waals surface area contributed by atoms with Crippen LogP contribution in [-0.2, 0) is 9.59 Å². The molecule has 2 rings (SSSR count). The van der Waals surface area contributed by atoms with Gasteiger partial charge in [-0.05, 0) is 32.1 Å². The number of piperazine rings is 1. The maximum atomic E-state index is 11.9. The van der Waals surface area contributed by atoms with Gasteiger partial charge >= 0.3 is 0 Å². The molecule has 0 aromatic heterocycles. The molecule has 1 aliphatic heterocycles. The lowest BCUT2D eigenvalue weighted by Crippen LogP contribution is -2.61. The van der Waals surface area contributed by atoms with Gasteiger partial charge in [-0.25, -0.2) is 0 Å². The van der Waals surface area contributed by atoms with E-state index in [-0.39, 0.29) is 23.9 Å². The number of nitrogens with one attached hydrogen (secondary N) is 1. The van der Waals surface area contributed by atoms with Gasteiger partial charge in [-0.2, -0.15) is 0 Å². The highest BCUT2D eigenvalue weighted by Crippen LogP contribution is 2.38. The van der Waals surface area contributed by atoms with Crippen LogP contribution in [0.4, 0.5) is 0 Å². The van der Waals surface area contributed by atoms with Crippen molar-refractivity contribution in [2.45, 2.75) is 39.3 Å². The maximum Gasteiger partial charge on any atom is 0.245 e. The van der Waals surface area contributed by atoms with Crippen LogP contribution in [0.5, 0.6) is 0 Å². The molecule has 1 saturated heterocycles. The lowest BCUT2D eigenvalue weighted by molar-refractivity contribution is -0.148. The summed E-state index contributed by atoms with van der Waals surface area (Å²) >= 11 is 0. The van der Waals surface area contributed by atoms with E-state index in [4.69, 9.17) is 0 Å². The number of amides is 2. The van der Waals surface area contributed by atoms with Gasteiger partial charge in [0.15, 0.2) is 0 Å². The van der Waals surface area contributed by atoms with E-state index in [0.717, 1.165) is 6.54 Å². The van der Waals surface area contributed by atoms with Crippen LogP contribution in [0.3, 0.4) is 0 Å². The average molecular weight is 210 g/mol. The Kier molecular flexibility index (Phi) is 2.44. The Bertz CT molecular complexity index is 303. The summed E-state index contributed by atoms with van der Waals surface area (Å²) in [6.07, 6.45) is 1.19. The molecule has 1 saturated carbocycles. The van der Waals surface area contributed by atoms with Crippen LogP contribution >= 0.6 is 0 Å². The summed E-state index contributed by atoms with van der Waals surface area (Å²) in [5.74, 6) is 1.34. The molecule has 1 aliphatic carbocycles. The van der Waals surface area contributed by atoms with Gasteiger partial charge in [-0.3, -0.25) is 9.59 Å². The van der Waals surface area contributed by atoms with E-state index in [9.17, 15) is 9.59 Å². The standard InChI is InChI=1S/C11H18N2O2/c1-6-4-9(6)5-13-8(3)10(14)12-7(2)11(13)15/h6-9H,4-5H2,1-3H3,(H,12,14). The topological polar surface area (TPSA) is 49.4 Å². The van der Waals surface area contributed by atoms with Crippen molar-refractivity contribution in [2.24, 2.45) is 11.8 Å². The third-order valence-electron chi connectivity index (χ3n) is 3.57. The van der Waals surface area contributed by atoms with E-state index in [1.165, 1.54) is 6.42 Å². The molecule has 0 aromatic rings. The molecule has 4 nitrogen and oxygen atoms in total. The molecule has 0 spiro atoms. The highest BCUT2D eigenvalue weighted by Gasteiger charge is 2.41. The molecule has 1 N–H and O–H groups in total. The summed E-state index contributed by atoms with van der Waals surface area (Å²) < 4.78 is 0. The predicted molar refractivity (Wildman–Crippen MR) is 56.1 cm³/mol. The Morgan fingerprint density at radius 1 is 1.33 bits per heavy atom.